The molecule has 0 spiro atoms. The molecule has 0 heterocycles. The van der Waals surface area contributed by atoms with Crippen LogP contribution in [0.3, 0.4) is 0 Å². The number of hydrogen-bond donors (Lipinski definition) is 0. The van der Waals surface area contributed by atoms with E-state index in [4.69, 9.17) is 0 Å². The maximum atomic E-state index is 3.35. The van der Waals surface area contributed by atoms with Crippen molar-refractivity contribution in [2.24, 2.45) is 0 Å². The fourth-order valence-electron chi connectivity index (χ4n) is 1.75. The fraction of sp³-hybridized carbons (Fsp3) is 0.286. The van der Waals surface area contributed by atoms with Crippen molar-refractivity contribution >= 4 is 0 Å². The molecule has 0 aliphatic heterocycles. The summed E-state index contributed by atoms with van der Waals surface area (Å²) in [6, 6.07) is 10.7. The molecule has 0 saturated heterocycles. The second-order valence-corrected chi connectivity index (χ2v) is 3.65. The molecule has 0 saturated carbocycles. The molecule has 0 unspecified atom stereocenters. The molecule has 1 aliphatic rings. The van der Waals surface area contributed by atoms with Crippen LogP contribution in [0.2, 0.25) is 0 Å². The molecule has 3 heteroatoms. The van der Waals surface area contributed by atoms with Crippen LogP contribution in [0.5, 0.6) is 0 Å². The van der Waals surface area contributed by atoms with Crippen LogP contribution >= 0.6 is 0 Å². The van der Waals surface area contributed by atoms with Crippen molar-refractivity contribution in [2.75, 3.05) is 0 Å². The second kappa shape index (κ2) is 10.6. The number of benzene rings is 1. The van der Waals surface area contributed by atoms with Gasteiger partial charge >= 0.3 is 0 Å². The predicted molar refractivity (Wildman–Crippen MR) is 59.9 cm³/mol. The molecule has 0 atom stereocenters. The number of halogens is 2. The first kappa shape index (κ1) is 18.8. The van der Waals surface area contributed by atoms with Crippen molar-refractivity contribution in [3.63, 3.8) is 0 Å². The van der Waals surface area contributed by atoms with Gasteiger partial charge in [-0.25, -0.2) is 11.6 Å². The van der Waals surface area contributed by atoms with Gasteiger partial charge in [-0.3, -0.25) is 6.08 Å². The average Bonchev–Trinajstić information content (AvgIpc) is 2.72. The van der Waals surface area contributed by atoms with E-state index in [-0.39, 0.29) is 35.3 Å². The van der Waals surface area contributed by atoms with Crippen LogP contribution in [0, 0.1) is 6.08 Å². The van der Waals surface area contributed by atoms with Crippen LogP contribution in [0.1, 0.15) is 24.8 Å². The molecule has 0 aromatic heterocycles. The largest absolute Gasteiger partial charge is 1.00 e. The Morgan fingerprint density at radius 3 is 2.29 bits per heavy atom. The number of aryl methyl sites for hydroxylation is 1. The fourth-order valence-corrected chi connectivity index (χ4v) is 1.75. The van der Waals surface area contributed by atoms with E-state index in [2.05, 4.69) is 48.6 Å². The molecule has 0 nitrogen and oxygen atoms in total. The van der Waals surface area contributed by atoms with Gasteiger partial charge in [0.2, 0.25) is 0 Å². The van der Waals surface area contributed by atoms with Gasteiger partial charge in [0.25, 0.3) is 0 Å². The van der Waals surface area contributed by atoms with Crippen molar-refractivity contribution in [2.45, 2.75) is 25.7 Å². The van der Waals surface area contributed by atoms with Crippen molar-refractivity contribution in [1.29, 1.82) is 0 Å². The molecule has 1 aliphatic carbocycles. The van der Waals surface area contributed by atoms with E-state index in [0.29, 0.717) is 0 Å². The third kappa shape index (κ3) is 6.67. The third-order valence-electron chi connectivity index (χ3n) is 2.52. The van der Waals surface area contributed by atoms with Gasteiger partial charge in [-0.2, -0.15) is 6.08 Å². The molecule has 0 fully saturated rings. The SMILES string of the molecule is [C-]1=C(CCCc2ccccc2)C=CC1.[F-].[F-].[Hf]. The van der Waals surface area contributed by atoms with Gasteiger partial charge in [0.1, 0.15) is 0 Å². The molecular weight excluding hydrogens is 385 g/mol. The summed E-state index contributed by atoms with van der Waals surface area (Å²) in [4.78, 5) is 0. The van der Waals surface area contributed by atoms with Gasteiger partial charge in [0.15, 0.2) is 0 Å². The van der Waals surface area contributed by atoms with Crippen LogP contribution in [-0.2, 0) is 32.3 Å². The molecule has 0 radical (unpaired) electrons. The first-order valence-corrected chi connectivity index (χ1v) is 5.25. The zero-order valence-corrected chi connectivity index (χ0v) is 13.2. The summed E-state index contributed by atoms with van der Waals surface area (Å²) >= 11 is 0. The van der Waals surface area contributed by atoms with E-state index in [1.807, 2.05) is 0 Å². The maximum absolute atomic E-state index is 3.35. The Morgan fingerprint density at radius 1 is 1.00 bits per heavy atom. The molecule has 0 N–H and O–H groups in total. The van der Waals surface area contributed by atoms with Crippen LogP contribution in [0.4, 0.5) is 0 Å². The van der Waals surface area contributed by atoms with Crippen molar-refractivity contribution in [1.82, 2.24) is 0 Å². The molecule has 92 valence electrons. The van der Waals surface area contributed by atoms with E-state index in [1.165, 1.54) is 30.4 Å². The summed E-state index contributed by atoms with van der Waals surface area (Å²) in [6.07, 6.45) is 12.3. The van der Waals surface area contributed by atoms with Crippen LogP contribution in [0.15, 0.2) is 48.1 Å². The number of allylic oxidation sites excluding steroid dienone is 4. The van der Waals surface area contributed by atoms with E-state index in [1.54, 1.807) is 0 Å². The molecular formula is C14H15F2Hf-3. The normalized spacial score (nSPS) is 11.9. The summed E-state index contributed by atoms with van der Waals surface area (Å²) < 4.78 is 0. The van der Waals surface area contributed by atoms with E-state index >= 15 is 0 Å². The second-order valence-electron chi connectivity index (χ2n) is 3.65. The van der Waals surface area contributed by atoms with Gasteiger partial charge in [-0.05, 0) is 18.4 Å². The number of rotatable bonds is 4. The van der Waals surface area contributed by atoms with E-state index < -0.39 is 0 Å². The van der Waals surface area contributed by atoms with Gasteiger partial charge in [0.05, 0.1) is 0 Å². The molecule has 1 aromatic rings. The maximum Gasteiger partial charge on any atom is 0 e. The topological polar surface area (TPSA) is 0 Å². The van der Waals surface area contributed by atoms with E-state index in [0.717, 1.165) is 6.42 Å². The Kier molecular flexibility index (Phi) is 11.7. The first-order chi connectivity index (χ1) is 6.95. The summed E-state index contributed by atoms with van der Waals surface area (Å²) in [6.45, 7) is 0. The van der Waals surface area contributed by atoms with Crippen molar-refractivity contribution < 1.29 is 35.3 Å². The molecule has 0 bridgehead atoms. The Labute approximate surface area is 120 Å². The zero-order chi connectivity index (χ0) is 9.64. The van der Waals surface area contributed by atoms with Crippen LogP contribution in [0.25, 0.3) is 0 Å². The quantitative estimate of drug-likeness (QED) is 0.395. The minimum atomic E-state index is 0. The minimum Gasteiger partial charge on any atom is -1.00 e. The minimum absolute atomic E-state index is 0. The molecule has 17 heavy (non-hydrogen) atoms. The summed E-state index contributed by atoms with van der Waals surface area (Å²) in [7, 11) is 0. The standard InChI is InChI=1S/C14H15.2FH.Hf/c1-2-7-13(8-3-1)11-6-12-14-9-4-5-10-14;;;/h1-4,7-9H,5-6,11-12H2;2*1H;/q-1;;;/p-2. The van der Waals surface area contributed by atoms with Crippen molar-refractivity contribution in [3.05, 3.63) is 59.7 Å². The van der Waals surface area contributed by atoms with Crippen LogP contribution < -0.4 is 9.41 Å². The van der Waals surface area contributed by atoms with E-state index in [9.17, 15) is 0 Å². The molecule has 1 aromatic carbocycles. The predicted octanol–water partition coefficient (Wildman–Crippen LogP) is -2.30. The third-order valence-corrected chi connectivity index (χ3v) is 2.52. The Hall–Kier alpha value is -0.570. The summed E-state index contributed by atoms with van der Waals surface area (Å²) in [5.41, 5.74) is 2.83. The van der Waals surface area contributed by atoms with Crippen LogP contribution in [-0.4, -0.2) is 0 Å². The van der Waals surface area contributed by atoms with Crippen molar-refractivity contribution in [3.8, 4) is 0 Å². The van der Waals surface area contributed by atoms with Gasteiger partial charge < -0.3 is 9.41 Å². The zero-order valence-electron chi connectivity index (χ0n) is 9.63. The van der Waals surface area contributed by atoms with Gasteiger partial charge in [-0.1, -0.05) is 36.8 Å². The molecule has 0 amide bonds. The Bertz CT molecular complexity index is 344. The van der Waals surface area contributed by atoms with Gasteiger partial charge in [0, 0.05) is 25.8 Å². The Morgan fingerprint density at radius 2 is 1.71 bits per heavy atom. The molecule has 2 rings (SSSR count). The Balaban J connectivity index is 0. The summed E-state index contributed by atoms with van der Waals surface area (Å²) in [5, 5.41) is 0. The number of hydrogen-bond acceptors (Lipinski definition) is 0. The van der Waals surface area contributed by atoms with Gasteiger partial charge in [-0.15, -0.1) is 6.42 Å². The summed E-state index contributed by atoms with van der Waals surface area (Å²) in [5.74, 6) is 0. The first-order valence-electron chi connectivity index (χ1n) is 5.25. The average molecular weight is 400 g/mol. The smallest absolute Gasteiger partial charge is 0 e. The monoisotopic (exact) mass is 401 g/mol.